The lowest BCUT2D eigenvalue weighted by Gasteiger charge is -2.03. The number of nitrogens with one attached hydrogen (secondary N) is 2. The number of thiocarbonyl (C=S) groups is 1. The highest BCUT2D eigenvalue weighted by Gasteiger charge is 2.21. The number of carbonyl (C=O) groups is 2. The fourth-order valence-corrected chi connectivity index (χ4v) is 4.65. The van der Waals surface area contributed by atoms with Crippen LogP contribution >= 0.6 is 58.5 Å². The number of amides is 2. The predicted octanol–water partition coefficient (Wildman–Crippen LogP) is 5.86. The molecule has 0 aliphatic carbocycles. The Bertz CT molecular complexity index is 1210. The average Bonchev–Trinajstić information content (AvgIpc) is 3.30. The van der Waals surface area contributed by atoms with Gasteiger partial charge in [-0.3, -0.25) is 14.9 Å². The van der Waals surface area contributed by atoms with Crippen molar-refractivity contribution < 1.29 is 9.59 Å². The first-order chi connectivity index (χ1) is 14.4. The molecule has 1 aliphatic rings. The van der Waals surface area contributed by atoms with Gasteiger partial charge in [-0.25, -0.2) is 4.98 Å². The Morgan fingerprint density at radius 1 is 1.13 bits per heavy atom. The number of aromatic nitrogens is 1. The Balaban J connectivity index is 1.45. The Labute approximate surface area is 195 Å². The van der Waals surface area contributed by atoms with Crippen molar-refractivity contribution in [3.05, 3.63) is 73.9 Å². The highest BCUT2D eigenvalue weighted by molar-refractivity contribution is 8.26. The van der Waals surface area contributed by atoms with Gasteiger partial charge < -0.3 is 5.32 Å². The second-order valence-electron chi connectivity index (χ2n) is 6.10. The highest BCUT2D eigenvalue weighted by atomic mass is 35.5. The molecule has 0 spiro atoms. The summed E-state index contributed by atoms with van der Waals surface area (Å²) in [6.45, 7) is 0. The van der Waals surface area contributed by atoms with E-state index >= 15 is 0 Å². The molecule has 150 valence electrons. The summed E-state index contributed by atoms with van der Waals surface area (Å²) < 4.78 is 0.436. The Morgan fingerprint density at radius 2 is 1.90 bits per heavy atom. The minimum Gasteiger partial charge on any atom is -0.307 e. The Kier molecular flexibility index (Phi) is 6.21. The molecule has 0 bridgehead atoms. The van der Waals surface area contributed by atoms with Gasteiger partial charge in [-0.1, -0.05) is 65.4 Å². The first-order valence-corrected chi connectivity index (χ1v) is 11.3. The monoisotopic (exact) mass is 491 g/mol. The van der Waals surface area contributed by atoms with Crippen LogP contribution in [0.15, 0.2) is 52.7 Å². The van der Waals surface area contributed by atoms with Gasteiger partial charge in [0.2, 0.25) is 0 Å². The lowest BCUT2D eigenvalue weighted by atomic mass is 10.1. The van der Waals surface area contributed by atoms with Crippen LogP contribution in [-0.4, -0.2) is 21.1 Å². The van der Waals surface area contributed by atoms with E-state index in [1.165, 1.54) is 23.1 Å². The molecular weight excluding hydrogens is 481 g/mol. The van der Waals surface area contributed by atoms with Crippen molar-refractivity contribution in [2.24, 2.45) is 0 Å². The van der Waals surface area contributed by atoms with E-state index in [9.17, 15) is 9.59 Å². The van der Waals surface area contributed by atoms with Gasteiger partial charge in [0.1, 0.15) is 4.32 Å². The lowest BCUT2D eigenvalue weighted by molar-refractivity contribution is -0.115. The molecule has 2 heterocycles. The van der Waals surface area contributed by atoms with Crippen LogP contribution in [0.2, 0.25) is 10.0 Å². The number of anilines is 1. The van der Waals surface area contributed by atoms with Crippen molar-refractivity contribution in [1.82, 2.24) is 10.3 Å². The molecule has 0 saturated carbocycles. The summed E-state index contributed by atoms with van der Waals surface area (Å²) in [6.07, 6.45) is 1.73. The maximum Gasteiger partial charge on any atom is 0.263 e. The van der Waals surface area contributed by atoms with Crippen LogP contribution in [0.1, 0.15) is 15.9 Å². The molecule has 30 heavy (non-hydrogen) atoms. The van der Waals surface area contributed by atoms with Crippen LogP contribution in [0, 0.1) is 0 Å². The normalized spacial score (nSPS) is 14.8. The van der Waals surface area contributed by atoms with Gasteiger partial charge in [-0.15, -0.1) is 11.3 Å². The van der Waals surface area contributed by atoms with E-state index in [2.05, 4.69) is 15.6 Å². The number of benzene rings is 2. The number of hydrogen-bond donors (Lipinski definition) is 2. The highest BCUT2D eigenvalue weighted by Crippen LogP contribution is 2.31. The van der Waals surface area contributed by atoms with E-state index in [0.29, 0.717) is 35.7 Å². The van der Waals surface area contributed by atoms with Crippen LogP contribution in [0.5, 0.6) is 0 Å². The van der Waals surface area contributed by atoms with Gasteiger partial charge >= 0.3 is 0 Å². The van der Waals surface area contributed by atoms with Crippen molar-refractivity contribution in [3.63, 3.8) is 0 Å². The standard InChI is InChI=1S/C20H11Cl2N3O2S3/c21-13-6-5-12(8-14(13)22)15-9-29-19(23-15)24-17(26)11-3-1-10(2-4-11)7-16-18(27)25-20(28)30-16/h1-9H,(H,23,24,26)(H,25,27,28)/b16-7-. The Hall–Kier alpha value is -2.23. The third-order valence-electron chi connectivity index (χ3n) is 4.05. The Morgan fingerprint density at radius 3 is 2.57 bits per heavy atom. The van der Waals surface area contributed by atoms with Gasteiger partial charge in [-0.2, -0.15) is 0 Å². The van der Waals surface area contributed by atoms with Gasteiger partial charge in [-0.05, 0) is 35.9 Å². The molecule has 2 amide bonds. The number of halogens is 2. The predicted molar refractivity (Wildman–Crippen MR) is 128 cm³/mol. The van der Waals surface area contributed by atoms with Crippen molar-refractivity contribution in [2.45, 2.75) is 0 Å². The van der Waals surface area contributed by atoms with E-state index in [4.69, 9.17) is 35.4 Å². The van der Waals surface area contributed by atoms with E-state index in [-0.39, 0.29) is 11.8 Å². The summed E-state index contributed by atoms with van der Waals surface area (Å²) in [5.41, 5.74) is 2.78. The number of thioether (sulfide) groups is 1. The summed E-state index contributed by atoms with van der Waals surface area (Å²) in [5.74, 6) is -0.494. The topological polar surface area (TPSA) is 71.1 Å². The molecule has 2 aromatic carbocycles. The minimum absolute atomic E-state index is 0.214. The third kappa shape index (κ3) is 4.74. The molecular formula is C20H11Cl2N3O2S3. The van der Waals surface area contributed by atoms with Crippen LogP contribution in [0.4, 0.5) is 5.13 Å². The number of thiazole rings is 1. The minimum atomic E-state index is -0.279. The number of nitrogens with zero attached hydrogens (tertiary/aromatic N) is 1. The molecule has 2 N–H and O–H groups in total. The van der Waals surface area contributed by atoms with Crippen molar-refractivity contribution in [3.8, 4) is 11.3 Å². The molecule has 0 radical (unpaired) electrons. The molecule has 1 saturated heterocycles. The van der Waals surface area contributed by atoms with Gasteiger partial charge in [0, 0.05) is 16.5 Å². The zero-order valence-corrected chi connectivity index (χ0v) is 18.9. The van der Waals surface area contributed by atoms with E-state index < -0.39 is 0 Å². The first-order valence-electron chi connectivity index (χ1n) is 8.46. The SMILES string of the molecule is O=C1NC(=S)S/C1=C\c1ccc(C(=O)Nc2nc(-c3ccc(Cl)c(Cl)c3)cs2)cc1. The maximum atomic E-state index is 12.5. The summed E-state index contributed by atoms with van der Waals surface area (Å²) in [7, 11) is 0. The molecule has 1 fully saturated rings. The van der Waals surface area contributed by atoms with E-state index in [1.807, 2.05) is 11.4 Å². The van der Waals surface area contributed by atoms with E-state index in [1.54, 1.807) is 42.5 Å². The van der Waals surface area contributed by atoms with Crippen LogP contribution in [0.25, 0.3) is 17.3 Å². The second-order valence-corrected chi connectivity index (χ2v) is 9.49. The molecule has 4 rings (SSSR count). The van der Waals surface area contributed by atoms with Crippen molar-refractivity contribution in [1.29, 1.82) is 0 Å². The van der Waals surface area contributed by atoms with Gasteiger partial charge in [0.25, 0.3) is 11.8 Å². The number of carbonyl (C=O) groups excluding carboxylic acids is 2. The van der Waals surface area contributed by atoms with Crippen molar-refractivity contribution >= 4 is 85.9 Å². The smallest absolute Gasteiger partial charge is 0.263 e. The fraction of sp³-hybridized carbons (Fsp3) is 0. The largest absolute Gasteiger partial charge is 0.307 e. The molecule has 10 heteroatoms. The van der Waals surface area contributed by atoms with Crippen LogP contribution in [0.3, 0.4) is 0 Å². The molecule has 1 aromatic heterocycles. The van der Waals surface area contributed by atoms with Gasteiger partial charge in [0.05, 0.1) is 20.6 Å². The third-order valence-corrected chi connectivity index (χ3v) is 6.71. The van der Waals surface area contributed by atoms with E-state index in [0.717, 1.165) is 11.1 Å². The quantitative estimate of drug-likeness (QED) is 0.353. The summed E-state index contributed by atoms with van der Waals surface area (Å²) in [5, 5.41) is 8.57. The average molecular weight is 492 g/mol. The zero-order valence-electron chi connectivity index (χ0n) is 14.9. The van der Waals surface area contributed by atoms with Crippen molar-refractivity contribution in [2.75, 3.05) is 5.32 Å². The number of hydrogen-bond acceptors (Lipinski definition) is 6. The summed E-state index contributed by atoms with van der Waals surface area (Å²) >= 11 is 19.5. The second kappa shape index (κ2) is 8.87. The molecule has 3 aromatic rings. The van der Waals surface area contributed by atoms with Crippen LogP contribution in [-0.2, 0) is 4.79 Å². The van der Waals surface area contributed by atoms with Crippen LogP contribution < -0.4 is 10.6 Å². The molecule has 1 aliphatic heterocycles. The molecule has 0 atom stereocenters. The zero-order chi connectivity index (χ0) is 21.3. The summed E-state index contributed by atoms with van der Waals surface area (Å²) in [4.78, 5) is 29.2. The lowest BCUT2D eigenvalue weighted by Crippen LogP contribution is -2.17. The first kappa shape index (κ1) is 21.0. The maximum absolute atomic E-state index is 12.5. The summed E-state index contributed by atoms with van der Waals surface area (Å²) in [6, 6.07) is 12.1. The fourth-order valence-electron chi connectivity index (χ4n) is 2.59. The molecule has 5 nitrogen and oxygen atoms in total. The molecule has 0 unspecified atom stereocenters. The van der Waals surface area contributed by atoms with Gasteiger partial charge in [0.15, 0.2) is 5.13 Å². The number of rotatable bonds is 4.